The third-order valence-corrected chi connectivity index (χ3v) is 21.4. The molecule has 4 aliphatic rings. The molecule has 0 aliphatic carbocycles. The van der Waals surface area contributed by atoms with E-state index in [-0.39, 0.29) is 47.7 Å². The summed E-state index contributed by atoms with van der Waals surface area (Å²) in [7, 11) is -0.784. The number of anilines is 1. The molecule has 1 aromatic heterocycles. The van der Waals surface area contributed by atoms with Gasteiger partial charge in [0.15, 0.2) is 12.6 Å². The summed E-state index contributed by atoms with van der Waals surface area (Å²) < 4.78 is 72.8. The van der Waals surface area contributed by atoms with Gasteiger partial charge in [-0.05, 0) is 118 Å². The lowest BCUT2D eigenvalue weighted by atomic mass is 9.85. The summed E-state index contributed by atoms with van der Waals surface area (Å²) in [6, 6.07) is 10.2. The summed E-state index contributed by atoms with van der Waals surface area (Å²) in [6.45, 7) is 22.0. The van der Waals surface area contributed by atoms with Crippen LogP contribution in [-0.4, -0.2) is 110 Å². The molecule has 0 N–H and O–H groups in total. The maximum absolute atomic E-state index is 18.0. The van der Waals surface area contributed by atoms with E-state index in [1.807, 2.05) is 31.7 Å². The fourth-order valence-corrected chi connectivity index (χ4v) is 17.3. The molecule has 0 radical (unpaired) electrons. The summed E-state index contributed by atoms with van der Waals surface area (Å²) in [5.41, 5.74) is 4.05. The van der Waals surface area contributed by atoms with E-state index in [0.717, 1.165) is 32.2 Å². The number of aromatic nitrogens is 2. The minimum atomic E-state index is -2.31. The topological polar surface area (TPSA) is 89.5 Å². The highest BCUT2D eigenvalue weighted by molar-refractivity contribution is 6.90. The Bertz CT molecular complexity index is 2510. The van der Waals surface area contributed by atoms with Crippen LogP contribution in [0.4, 0.5) is 23.8 Å². The van der Waals surface area contributed by atoms with Gasteiger partial charge < -0.3 is 28.7 Å². The molecule has 4 aromatic rings. The maximum Gasteiger partial charge on any atom is 0.410 e. The molecule has 4 saturated heterocycles. The maximum atomic E-state index is 18.0. The van der Waals surface area contributed by atoms with Gasteiger partial charge in [-0.3, -0.25) is 4.90 Å². The third kappa shape index (κ3) is 8.84. The van der Waals surface area contributed by atoms with Crippen molar-refractivity contribution in [3.05, 3.63) is 53.6 Å². The molecule has 10 nitrogen and oxygen atoms in total. The quantitative estimate of drug-likeness (QED) is 0.0829. The molecule has 8 rings (SSSR count). The Morgan fingerprint density at radius 1 is 0.894 bits per heavy atom. The van der Waals surface area contributed by atoms with Crippen LogP contribution in [0.3, 0.4) is 0 Å². The molecule has 66 heavy (non-hydrogen) atoms. The molecule has 2 atom stereocenters. The predicted molar refractivity (Wildman–Crippen MR) is 258 cm³/mol. The van der Waals surface area contributed by atoms with E-state index < -0.39 is 37.0 Å². The average Bonchev–Trinajstić information content (AvgIpc) is 3.94. The van der Waals surface area contributed by atoms with Gasteiger partial charge in [-0.2, -0.15) is 9.97 Å². The minimum Gasteiger partial charge on any atom is -0.468 e. The molecule has 5 heterocycles. The Morgan fingerprint density at radius 2 is 1.61 bits per heavy atom. The number of carbonyl (C=O) groups is 1. The van der Waals surface area contributed by atoms with E-state index in [0.29, 0.717) is 95.4 Å². The van der Waals surface area contributed by atoms with Crippen LogP contribution in [0.25, 0.3) is 32.8 Å². The Labute approximate surface area is 389 Å². The first-order valence-corrected chi connectivity index (χ1v) is 26.2. The number of nitrogens with zero attached hydrogens (tertiary/aromatic N) is 5. The Morgan fingerprint density at radius 3 is 2.29 bits per heavy atom. The number of rotatable bonds is 11. The van der Waals surface area contributed by atoms with Crippen LogP contribution in [0, 0.1) is 23.1 Å². The summed E-state index contributed by atoms with van der Waals surface area (Å²) in [5, 5.41) is 1.61. The smallest absolute Gasteiger partial charge is 0.410 e. The van der Waals surface area contributed by atoms with Crippen LogP contribution in [0.2, 0.25) is 16.6 Å². The fraction of sp³-hybridized carbons (Fsp3) is 0.596. The number of halogens is 3. The number of piperidine rings is 1. The zero-order valence-electron chi connectivity index (χ0n) is 40.6. The number of likely N-dealkylation sites (tertiary alicyclic amines) is 1. The lowest BCUT2D eigenvalue weighted by Gasteiger charge is -2.45. The first kappa shape index (κ1) is 47.9. The number of alkyl halides is 1. The monoisotopic (exact) mass is 927 g/mol. The lowest BCUT2D eigenvalue weighted by molar-refractivity contribution is 0.00319. The number of methoxy groups -OCH3 is 1. The Balaban J connectivity index is 1.26. The molecule has 3 aromatic carbocycles. The van der Waals surface area contributed by atoms with Crippen molar-refractivity contribution in [3.63, 3.8) is 0 Å². The van der Waals surface area contributed by atoms with Crippen LogP contribution in [0.1, 0.15) is 113 Å². The Hall–Kier alpha value is -4.58. The number of hydrogen-bond acceptors (Lipinski definition) is 9. The van der Waals surface area contributed by atoms with Crippen LogP contribution < -0.4 is 14.4 Å². The van der Waals surface area contributed by atoms with Crippen molar-refractivity contribution in [1.29, 1.82) is 0 Å². The van der Waals surface area contributed by atoms with Gasteiger partial charge in [0.1, 0.15) is 49.4 Å². The van der Waals surface area contributed by atoms with Crippen LogP contribution in [0.5, 0.6) is 11.8 Å². The van der Waals surface area contributed by atoms with E-state index in [2.05, 4.69) is 62.8 Å². The van der Waals surface area contributed by atoms with Gasteiger partial charge in [0, 0.05) is 61.6 Å². The molecule has 1 amide bonds. The second-order valence-corrected chi connectivity index (χ2v) is 26.7. The largest absolute Gasteiger partial charge is 0.468 e. The number of amides is 1. The summed E-state index contributed by atoms with van der Waals surface area (Å²) in [5.74, 6) is 3.20. The molecule has 4 fully saturated rings. The average molecular weight is 928 g/mol. The van der Waals surface area contributed by atoms with E-state index in [9.17, 15) is 9.18 Å². The highest BCUT2D eigenvalue weighted by Crippen LogP contribution is 2.46. The lowest BCUT2D eigenvalue weighted by Crippen LogP contribution is -2.55. The fourth-order valence-electron chi connectivity index (χ4n) is 12.0. The van der Waals surface area contributed by atoms with Gasteiger partial charge in [-0.1, -0.05) is 59.6 Å². The highest BCUT2D eigenvalue weighted by Gasteiger charge is 2.50. The summed E-state index contributed by atoms with van der Waals surface area (Å²) in [6.07, 6.45) is 3.96. The second kappa shape index (κ2) is 18.5. The summed E-state index contributed by atoms with van der Waals surface area (Å²) >= 11 is 0. The number of fused-ring (bicyclic) bond motifs is 3. The van der Waals surface area contributed by atoms with E-state index in [4.69, 9.17) is 28.9 Å². The number of ether oxygens (including phenoxy) is 4. The van der Waals surface area contributed by atoms with Crippen LogP contribution in [-0.2, 0) is 9.47 Å². The van der Waals surface area contributed by atoms with Crippen molar-refractivity contribution in [1.82, 2.24) is 19.8 Å². The zero-order chi connectivity index (χ0) is 47.3. The standard InChI is InChI=1S/C52H68F3N5O5Si/c1-33(2)66(34(3)4,35(5)6)26-17-40-43(54)16-13-36-27-38(64-32-62-10)28-42(44(36)40)39-14-15-41-46(45(39)55)56-48(63-31-52-19-11-22-59(52)30-37(53)29-52)57-47(41)58-24-20-51(21-25-58)18-12-23-60(51)49(61)65-50(7,8)9/h13-16,27-28,33-35,37H,11-12,18-25,29-32H2,1-10H3/t37-,52+/m1/s1. The van der Waals surface area contributed by atoms with Crippen molar-refractivity contribution >= 4 is 41.7 Å². The van der Waals surface area contributed by atoms with Gasteiger partial charge in [0.05, 0.1) is 11.1 Å². The van der Waals surface area contributed by atoms with Crippen molar-refractivity contribution < 1.29 is 36.9 Å². The number of hydrogen-bond donors (Lipinski definition) is 0. The first-order chi connectivity index (χ1) is 31.3. The highest BCUT2D eigenvalue weighted by atomic mass is 28.3. The van der Waals surface area contributed by atoms with Crippen molar-refractivity contribution in [3.8, 4) is 34.4 Å². The Kier molecular flexibility index (Phi) is 13.4. The molecular weight excluding hydrogens is 860 g/mol. The third-order valence-electron chi connectivity index (χ3n) is 15.1. The second-order valence-electron chi connectivity index (χ2n) is 21.2. The minimum absolute atomic E-state index is 0.00519. The molecule has 0 saturated carbocycles. The predicted octanol–water partition coefficient (Wildman–Crippen LogP) is 11.6. The molecule has 14 heteroatoms. The SMILES string of the molecule is COCOc1cc(-c2ccc3c(N4CCC5(CCCN5C(=O)OC(C)(C)C)CC4)nc(OC[C@@]45CCCN4C[C@H](F)C5)nc3c2F)c2c(C#C[Si](C(C)C)(C(C)C)C(C)C)c(F)ccc2c1. The van der Waals surface area contributed by atoms with Gasteiger partial charge in [0.2, 0.25) is 0 Å². The van der Waals surface area contributed by atoms with Gasteiger partial charge >= 0.3 is 12.1 Å². The van der Waals surface area contributed by atoms with Gasteiger partial charge in [-0.15, -0.1) is 5.54 Å². The van der Waals surface area contributed by atoms with Crippen molar-refractivity contribution in [2.45, 2.75) is 147 Å². The van der Waals surface area contributed by atoms with Crippen LogP contribution in [0.15, 0.2) is 36.4 Å². The van der Waals surface area contributed by atoms with Gasteiger partial charge in [0.25, 0.3) is 0 Å². The van der Waals surface area contributed by atoms with E-state index in [1.54, 1.807) is 24.3 Å². The van der Waals surface area contributed by atoms with E-state index >= 15 is 8.78 Å². The summed E-state index contributed by atoms with van der Waals surface area (Å²) in [4.78, 5) is 29.5. The molecule has 4 aliphatic heterocycles. The molecule has 0 bridgehead atoms. The number of carbonyl (C=O) groups excluding carboxylic acids is 1. The molecular formula is C52H68F3N5O5Si. The van der Waals surface area contributed by atoms with E-state index in [1.165, 1.54) is 13.2 Å². The zero-order valence-corrected chi connectivity index (χ0v) is 41.6. The molecule has 1 spiro atoms. The first-order valence-electron chi connectivity index (χ1n) is 24.0. The number of benzene rings is 3. The van der Waals surface area contributed by atoms with Crippen molar-refractivity contribution in [2.75, 3.05) is 58.1 Å². The van der Waals surface area contributed by atoms with Crippen molar-refractivity contribution in [2.24, 2.45) is 0 Å². The normalized spacial score (nSPS) is 21.1. The van der Waals surface area contributed by atoms with Crippen LogP contribution >= 0.6 is 0 Å². The molecule has 356 valence electrons. The molecule has 0 unspecified atom stereocenters. The van der Waals surface area contributed by atoms with Gasteiger partial charge in [-0.25, -0.2) is 18.0 Å².